The third kappa shape index (κ3) is 1.17. The third-order valence-electron chi connectivity index (χ3n) is 1.86. The normalized spacial score (nSPS) is 37.9. The molecule has 64 valence electrons. The van der Waals surface area contributed by atoms with Crippen molar-refractivity contribution in [2.24, 2.45) is 0 Å². The van der Waals surface area contributed by atoms with Crippen LogP contribution in [0.15, 0.2) is 36.6 Å². The molecule has 0 saturated carbocycles. The molecule has 2 heterocycles. The Kier molecular flexibility index (Phi) is 1.75. The van der Waals surface area contributed by atoms with Gasteiger partial charge in [-0.2, -0.15) is 0 Å². The molecule has 3 aliphatic rings. The Morgan fingerprint density at radius 3 is 2.67 bits per heavy atom. The molecule has 0 aromatic carbocycles. The number of ether oxygens (including phenoxy) is 1. The van der Waals surface area contributed by atoms with Gasteiger partial charge in [0.15, 0.2) is 5.60 Å². The van der Waals surface area contributed by atoms with E-state index in [1.54, 1.807) is 19.4 Å². The SMILES string of the molecule is CO/C=C\C12C=CC(C=C1)OO2. The van der Waals surface area contributed by atoms with Crippen LogP contribution in [-0.2, 0) is 14.5 Å². The molecule has 12 heavy (non-hydrogen) atoms. The fourth-order valence-corrected chi connectivity index (χ4v) is 1.18. The van der Waals surface area contributed by atoms with Crippen LogP contribution in [0.5, 0.6) is 0 Å². The summed E-state index contributed by atoms with van der Waals surface area (Å²) in [5.74, 6) is 0. The molecule has 0 fully saturated rings. The average molecular weight is 166 g/mol. The number of fused-ring (bicyclic) bond motifs is 1. The van der Waals surface area contributed by atoms with Crippen LogP contribution < -0.4 is 0 Å². The minimum atomic E-state index is -0.551. The molecule has 0 amide bonds. The molecule has 2 aliphatic heterocycles. The van der Waals surface area contributed by atoms with Crippen molar-refractivity contribution in [3.05, 3.63) is 36.6 Å². The topological polar surface area (TPSA) is 27.7 Å². The molecular formula is C9H10O3. The van der Waals surface area contributed by atoms with E-state index in [-0.39, 0.29) is 6.10 Å². The first-order valence-corrected chi connectivity index (χ1v) is 3.78. The van der Waals surface area contributed by atoms with Crippen LogP contribution in [0.3, 0.4) is 0 Å². The first-order chi connectivity index (χ1) is 5.85. The maximum atomic E-state index is 5.13. The maximum Gasteiger partial charge on any atom is 0.161 e. The van der Waals surface area contributed by atoms with E-state index in [1.807, 2.05) is 24.3 Å². The van der Waals surface area contributed by atoms with Crippen LogP contribution in [-0.4, -0.2) is 18.8 Å². The molecule has 0 unspecified atom stereocenters. The van der Waals surface area contributed by atoms with Crippen LogP contribution >= 0.6 is 0 Å². The van der Waals surface area contributed by atoms with Crippen LogP contribution in [0.2, 0.25) is 0 Å². The van der Waals surface area contributed by atoms with Gasteiger partial charge in [0.2, 0.25) is 0 Å². The van der Waals surface area contributed by atoms with Crippen molar-refractivity contribution in [3.8, 4) is 0 Å². The summed E-state index contributed by atoms with van der Waals surface area (Å²) in [5, 5.41) is 0. The van der Waals surface area contributed by atoms with Gasteiger partial charge in [0.05, 0.1) is 13.4 Å². The van der Waals surface area contributed by atoms with Gasteiger partial charge in [-0.15, -0.1) is 0 Å². The molecule has 0 N–H and O–H groups in total. The summed E-state index contributed by atoms with van der Waals surface area (Å²) in [6.45, 7) is 0. The largest absolute Gasteiger partial charge is 0.505 e. The lowest BCUT2D eigenvalue weighted by Crippen LogP contribution is -2.36. The van der Waals surface area contributed by atoms with Crippen molar-refractivity contribution in [3.63, 3.8) is 0 Å². The third-order valence-corrected chi connectivity index (χ3v) is 1.86. The first-order valence-electron chi connectivity index (χ1n) is 3.78. The second kappa shape index (κ2) is 2.77. The Morgan fingerprint density at radius 2 is 2.17 bits per heavy atom. The number of methoxy groups -OCH3 is 1. The highest BCUT2D eigenvalue weighted by Gasteiger charge is 2.32. The van der Waals surface area contributed by atoms with Gasteiger partial charge in [-0.1, -0.05) is 0 Å². The second-order valence-corrected chi connectivity index (χ2v) is 2.75. The number of rotatable bonds is 2. The summed E-state index contributed by atoms with van der Waals surface area (Å²) >= 11 is 0. The lowest BCUT2D eigenvalue weighted by atomic mass is 9.96. The fourth-order valence-electron chi connectivity index (χ4n) is 1.18. The minimum absolute atomic E-state index is 0.0252. The monoisotopic (exact) mass is 166 g/mol. The highest BCUT2D eigenvalue weighted by molar-refractivity contribution is 5.32. The zero-order valence-electron chi connectivity index (χ0n) is 6.77. The van der Waals surface area contributed by atoms with Gasteiger partial charge in [-0.25, -0.2) is 9.78 Å². The molecule has 0 saturated heterocycles. The van der Waals surface area contributed by atoms with Crippen molar-refractivity contribution in [2.45, 2.75) is 11.7 Å². The summed E-state index contributed by atoms with van der Waals surface area (Å²) in [7, 11) is 1.59. The predicted octanol–water partition coefficient (Wildman–Crippen LogP) is 1.34. The van der Waals surface area contributed by atoms with Crippen LogP contribution in [0.4, 0.5) is 0 Å². The summed E-state index contributed by atoms with van der Waals surface area (Å²) in [4.78, 5) is 10.1. The Labute approximate surface area is 70.8 Å². The van der Waals surface area contributed by atoms with E-state index in [1.165, 1.54) is 0 Å². The van der Waals surface area contributed by atoms with Gasteiger partial charge in [0.1, 0.15) is 6.10 Å². The van der Waals surface area contributed by atoms with E-state index in [2.05, 4.69) is 0 Å². The van der Waals surface area contributed by atoms with E-state index in [9.17, 15) is 0 Å². The van der Waals surface area contributed by atoms with E-state index < -0.39 is 5.60 Å². The summed E-state index contributed by atoms with van der Waals surface area (Å²) in [6.07, 6.45) is 11.1. The van der Waals surface area contributed by atoms with Crippen LogP contribution in [0.25, 0.3) is 0 Å². The first kappa shape index (κ1) is 7.58. The van der Waals surface area contributed by atoms with Crippen molar-refractivity contribution >= 4 is 0 Å². The van der Waals surface area contributed by atoms with Gasteiger partial charge in [-0.05, 0) is 30.4 Å². The lowest BCUT2D eigenvalue weighted by Gasteiger charge is -2.32. The second-order valence-electron chi connectivity index (χ2n) is 2.75. The van der Waals surface area contributed by atoms with Crippen LogP contribution in [0, 0.1) is 0 Å². The predicted molar refractivity (Wildman–Crippen MR) is 43.1 cm³/mol. The van der Waals surface area contributed by atoms with E-state index in [4.69, 9.17) is 14.5 Å². The molecule has 0 spiro atoms. The minimum Gasteiger partial charge on any atom is -0.505 e. The quantitative estimate of drug-likeness (QED) is 0.352. The summed E-state index contributed by atoms with van der Waals surface area (Å²) < 4.78 is 4.80. The molecular weight excluding hydrogens is 156 g/mol. The molecule has 0 radical (unpaired) electrons. The standard InChI is InChI=1S/C9H10O3/c1-10-7-6-9-4-2-8(3-5-9)11-12-9/h2-8H,1H3/b7-6-. The molecule has 3 nitrogen and oxygen atoms in total. The molecule has 0 aromatic heterocycles. The Morgan fingerprint density at radius 1 is 1.42 bits per heavy atom. The maximum absolute atomic E-state index is 5.13. The van der Waals surface area contributed by atoms with Gasteiger partial charge in [0.25, 0.3) is 0 Å². The zero-order valence-corrected chi connectivity index (χ0v) is 6.77. The zero-order chi connectivity index (χ0) is 8.44. The van der Waals surface area contributed by atoms with E-state index in [0.29, 0.717) is 0 Å². The Bertz CT molecular complexity index is 238. The van der Waals surface area contributed by atoms with Crippen molar-refractivity contribution in [1.82, 2.24) is 0 Å². The van der Waals surface area contributed by atoms with Crippen molar-refractivity contribution in [2.75, 3.05) is 7.11 Å². The van der Waals surface area contributed by atoms with E-state index in [0.717, 1.165) is 0 Å². The molecule has 3 rings (SSSR count). The van der Waals surface area contributed by atoms with Gasteiger partial charge in [0, 0.05) is 0 Å². The molecule has 1 aliphatic carbocycles. The van der Waals surface area contributed by atoms with Gasteiger partial charge < -0.3 is 4.74 Å². The van der Waals surface area contributed by atoms with E-state index >= 15 is 0 Å². The lowest BCUT2D eigenvalue weighted by molar-refractivity contribution is -0.349. The van der Waals surface area contributed by atoms with Crippen LogP contribution in [0.1, 0.15) is 0 Å². The summed E-state index contributed by atoms with van der Waals surface area (Å²) in [6, 6.07) is 0. The number of hydrogen-bond donors (Lipinski definition) is 0. The molecule has 0 aromatic rings. The molecule has 3 heteroatoms. The highest BCUT2D eigenvalue weighted by Crippen LogP contribution is 2.29. The summed E-state index contributed by atoms with van der Waals surface area (Å²) in [5.41, 5.74) is -0.551. The fraction of sp³-hybridized carbons (Fsp3) is 0.333. The Hall–Kier alpha value is -1.06. The smallest absolute Gasteiger partial charge is 0.161 e. The van der Waals surface area contributed by atoms with Crippen molar-refractivity contribution < 1.29 is 14.5 Å². The Balaban J connectivity index is 2.20. The highest BCUT2D eigenvalue weighted by atomic mass is 17.2. The van der Waals surface area contributed by atoms with Gasteiger partial charge in [-0.3, -0.25) is 0 Å². The molecule has 0 atom stereocenters. The van der Waals surface area contributed by atoms with Crippen molar-refractivity contribution in [1.29, 1.82) is 0 Å². The number of hydrogen-bond acceptors (Lipinski definition) is 3. The molecule has 2 bridgehead atoms. The average Bonchev–Trinajstić information content (AvgIpc) is 2.18. The van der Waals surface area contributed by atoms with Gasteiger partial charge >= 0.3 is 0 Å².